The molecule has 0 spiro atoms. The minimum absolute atomic E-state index is 0.0560. The molecule has 0 aliphatic carbocycles. The molecule has 1 aromatic rings. The van der Waals surface area contributed by atoms with E-state index in [1.165, 1.54) is 12.1 Å². The molecule has 0 aromatic heterocycles. The third-order valence-corrected chi connectivity index (χ3v) is 4.69. The van der Waals surface area contributed by atoms with Gasteiger partial charge in [-0.15, -0.1) is 0 Å². The lowest BCUT2D eigenvalue weighted by Gasteiger charge is -2.12. The summed E-state index contributed by atoms with van der Waals surface area (Å²) in [5.41, 5.74) is 0.596. The number of anilines is 1. The van der Waals surface area contributed by atoms with E-state index in [9.17, 15) is 13.2 Å². The van der Waals surface area contributed by atoms with Crippen molar-refractivity contribution in [3.63, 3.8) is 0 Å². The van der Waals surface area contributed by atoms with Gasteiger partial charge in [-0.2, -0.15) is 0 Å². The number of sulfonamides is 1. The van der Waals surface area contributed by atoms with Gasteiger partial charge in [-0.05, 0) is 37.2 Å². The Morgan fingerprint density at radius 1 is 1.35 bits per heavy atom. The number of nitrogens with one attached hydrogen (secondary N) is 3. The molecule has 3 N–H and O–H groups in total. The maximum atomic E-state index is 12.2. The van der Waals surface area contributed by atoms with E-state index >= 15 is 0 Å². The summed E-state index contributed by atoms with van der Waals surface area (Å²) in [7, 11) is -3.50. The summed E-state index contributed by atoms with van der Waals surface area (Å²) in [6.45, 7) is 3.24. The van der Waals surface area contributed by atoms with Crippen LogP contribution in [0.5, 0.6) is 0 Å². The van der Waals surface area contributed by atoms with Crippen molar-refractivity contribution < 1.29 is 13.2 Å². The van der Waals surface area contributed by atoms with E-state index in [0.717, 1.165) is 13.0 Å². The molecule has 1 unspecified atom stereocenters. The number of carbonyl (C=O) groups is 1. The van der Waals surface area contributed by atoms with Crippen LogP contribution in [0.4, 0.5) is 5.69 Å². The van der Waals surface area contributed by atoms with Crippen LogP contribution in [0.15, 0.2) is 29.2 Å². The first kappa shape index (κ1) is 15.0. The lowest BCUT2D eigenvalue weighted by Crippen LogP contribution is -2.36. The Labute approximate surface area is 119 Å². The van der Waals surface area contributed by atoms with Crippen LogP contribution in [0.2, 0.25) is 0 Å². The highest BCUT2D eigenvalue weighted by Crippen LogP contribution is 2.15. The van der Waals surface area contributed by atoms with Crippen molar-refractivity contribution in [1.82, 2.24) is 10.0 Å². The van der Waals surface area contributed by atoms with Crippen LogP contribution in [-0.2, 0) is 14.8 Å². The summed E-state index contributed by atoms with van der Waals surface area (Å²) in [6.07, 6.45) is 1.18. The van der Waals surface area contributed by atoms with Gasteiger partial charge in [0.15, 0.2) is 0 Å². The average molecular weight is 297 g/mol. The second-order valence-electron chi connectivity index (χ2n) is 4.74. The normalized spacial score (nSPS) is 18.9. The average Bonchev–Trinajstić information content (AvgIpc) is 2.91. The highest BCUT2D eigenvalue weighted by atomic mass is 32.2. The smallest absolute Gasteiger partial charge is 0.240 e. The second-order valence-corrected chi connectivity index (χ2v) is 6.45. The molecule has 0 saturated carbocycles. The van der Waals surface area contributed by atoms with Gasteiger partial charge in [0, 0.05) is 24.7 Å². The van der Waals surface area contributed by atoms with Crippen LogP contribution in [0.25, 0.3) is 0 Å². The van der Waals surface area contributed by atoms with Gasteiger partial charge in [0.05, 0.1) is 4.90 Å². The molecular weight excluding hydrogens is 278 g/mol. The SMILES string of the molecule is CCC(=O)Nc1ccc(S(=O)(=O)NC2CCNC2)cc1. The van der Waals surface area contributed by atoms with Crippen molar-refractivity contribution in [2.24, 2.45) is 0 Å². The Kier molecular flexibility index (Phi) is 4.74. The summed E-state index contributed by atoms with van der Waals surface area (Å²) in [4.78, 5) is 11.5. The van der Waals surface area contributed by atoms with E-state index in [4.69, 9.17) is 0 Å². The first-order chi connectivity index (χ1) is 9.51. The lowest BCUT2D eigenvalue weighted by atomic mass is 10.3. The molecule has 1 aromatic carbocycles. The maximum Gasteiger partial charge on any atom is 0.240 e. The van der Waals surface area contributed by atoms with Crippen molar-refractivity contribution in [3.8, 4) is 0 Å². The maximum absolute atomic E-state index is 12.2. The Hall–Kier alpha value is -1.44. The minimum atomic E-state index is -3.50. The fraction of sp³-hybridized carbons (Fsp3) is 0.462. The van der Waals surface area contributed by atoms with Crippen LogP contribution >= 0.6 is 0 Å². The molecule has 0 radical (unpaired) electrons. The van der Waals surface area contributed by atoms with Gasteiger partial charge in [-0.3, -0.25) is 4.79 Å². The molecule has 1 aliphatic heterocycles. The van der Waals surface area contributed by atoms with Crippen LogP contribution in [0.3, 0.4) is 0 Å². The molecule has 1 aliphatic rings. The number of benzene rings is 1. The molecular formula is C13H19N3O3S. The van der Waals surface area contributed by atoms with Crippen LogP contribution in [0, 0.1) is 0 Å². The molecule has 1 saturated heterocycles. The van der Waals surface area contributed by atoms with E-state index in [1.54, 1.807) is 19.1 Å². The molecule has 2 rings (SSSR count). The van der Waals surface area contributed by atoms with Gasteiger partial charge < -0.3 is 10.6 Å². The van der Waals surface area contributed by atoms with Crippen molar-refractivity contribution in [2.75, 3.05) is 18.4 Å². The molecule has 20 heavy (non-hydrogen) atoms. The van der Waals surface area contributed by atoms with Crippen molar-refractivity contribution in [1.29, 1.82) is 0 Å². The quantitative estimate of drug-likeness (QED) is 0.745. The van der Waals surface area contributed by atoms with Gasteiger partial charge in [-0.1, -0.05) is 6.92 Å². The molecule has 1 atom stereocenters. The fourth-order valence-corrected chi connectivity index (χ4v) is 3.28. The van der Waals surface area contributed by atoms with Crippen molar-refractivity contribution in [3.05, 3.63) is 24.3 Å². The summed E-state index contributed by atoms with van der Waals surface area (Å²) < 4.78 is 27.0. The zero-order chi connectivity index (χ0) is 14.6. The van der Waals surface area contributed by atoms with Gasteiger partial charge in [0.25, 0.3) is 0 Å². The molecule has 1 amide bonds. The standard InChI is InChI=1S/C13H19N3O3S/c1-2-13(17)15-10-3-5-12(6-4-10)20(18,19)16-11-7-8-14-9-11/h3-6,11,14,16H,2,7-9H2,1H3,(H,15,17). The zero-order valence-electron chi connectivity index (χ0n) is 11.3. The fourth-order valence-electron chi connectivity index (χ4n) is 2.01. The van der Waals surface area contributed by atoms with Gasteiger partial charge >= 0.3 is 0 Å². The number of rotatable bonds is 5. The van der Waals surface area contributed by atoms with E-state index in [-0.39, 0.29) is 16.8 Å². The molecule has 6 nitrogen and oxygen atoms in total. The highest BCUT2D eigenvalue weighted by molar-refractivity contribution is 7.89. The third-order valence-electron chi connectivity index (χ3n) is 3.15. The monoisotopic (exact) mass is 297 g/mol. The largest absolute Gasteiger partial charge is 0.326 e. The molecule has 110 valence electrons. The Morgan fingerprint density at radius 2 is 2.05 bits per heavy atom. The van der Waals surface area contributed by atoms with Crippen molar-refractivity contribution in [2.45, 2.75) is 30.7 Å². The van der Waals surface area contributed by atoms with E-state index in [2.05, 4.69) is 15.4 Å². The van der Waals surface area contributed by atoms with Gasteiger partial charge in [-0.25, -0.2) is 13.1 Å². The summed E-state index contributed by atoms with van der Waals surface area (Å²) in [5, 5.41) is 5.79. The van der Waals surface area contributed by atoms with Gasteiger partial charge in [0.2, 0.25) is 15.9 Å². The Morgan fingerprint density at radius 3 is 2.60 bits per heavy atom. The predicted molar refractivity (Wildman–Crippen MR) is 77.0 cm³/mol. The van der Waals surface area contributed by atoms with Crippen LogP contribution in [-0.4, -0.2) is 33.5 Å². The predicted octanol–water partition coefficient (Wildman–Crippen LogP) is 0.675. The van der Waals surface area contributed by atoms with Crippen molar-refractivity contribution >= 4 is 21.6 Å². The molecule has 1 fully saturated rings. The Bertz CT molecular complexity index is 563. The molecule has 1 heterocycles. The van der Waals surface area contributed by atoms with E-state index < -0.39 is 10.0 Å². The van der Waals surface area contributed by atoms with Crippen LogP contribution in [0.1, 0.15) is 19.8 Å². The zero-order valence-corrected chi connectivity index (χ0v) is 12.2. The first-order valence-corrected chi connectivity index (χ1v) is 8.12. The number of carbonyl (C=O) groups excluding carboxylic acids is 1. The Balaban J connectivity index is 2.06. The number of hydrogen-bond donors (Lipinski definition) is 3. The summed E-state index contributed by atoms with van der Waals surface area (Å²) >= 11 is 0. The molecule has 7 heteroatoms. The third kappa shape index (κ3) is 3.78. The lowest BCUT2D eigenvalue weighted by molar-refractivity contribution is -0.115. The van der Waals surface area contributed by atoms with Crippen LogP contribution < -0.4 is 15.4 Å². The number of amides is 1. The summed E-state index contributed by atoms with van der Waals surface area (Å²) in [6, 6.07) is 6.12. The topological polar surface area (TPSA) is 87.3 Å². The molecule has 0 bridgehead atoms. The summed E-state index contributed by atoms with van der Waals surface area (Å²) in [5.74, 6) is -0.101. The number of hydrogen-bond acceptors (Lipinski definition) is 4. The minimum Gasteiger partial charge on any atom is -0.326 e. The first-order valence-electron chi connectivity index (χ1n) is 6.64. The van der Waals surface area contributed by atoms with E-state index in [0.29, 0.717) is 18.7 Å². The second kappa shape index (κ2) is 6.34. The van der Waals surface area contributed by atoms with E-state index in [1.807, 2.05) is 0 Å². The highest BCUT2D eigenvalue weighted by Gasteiger charge is 2.22. The van der Waals surface area contributed by atoms with Gasteiger partial charge in [0.1, 0.15) is 0 Å².